The Morgan fingerprint density at radius 3 is 2.97 bits per heavy atom. The molecule has 3 aromatic rings. The van der Waals surface area contributed by atoms with Crippen molar-refractivity contribution in [3.05, 3.63) is 52.6 Å². The summed E-state index contributed by atoms with van der Waals surface area (Å²) < 4.78 is 20.0. The van der Waals surface area contributed by atoms with E-state index >= 15 is 0 Å². The minimum atomic E-state index is -1.00. The molecule has 0 bridgehead atoms. The Labute approximate surface area is 213 Å². The first kappa shape index (κ1) is 25.9. The van der Waals surface area contributed by atoms with Gasteiger partial charge in [-0.15, -0.1) is 11.8 Å². The summed E-state index contributed by atoms with van der Waals surface area (Å²) in [6.45, 7) is 2.56. The lowest BCUT2D eigenvalue weighted by atomic mass is 9.79. The number of ether oxygens (including phenoxy) is 1. The number of aliphatic carboxylic acids is 1. The average Bonchev–Trinajstić information content (AvgIpc) is 3.36. The van der Waals surface area contributed by atoms with E-state index in [4.69, 9.17) is 4.74 Å². The van der Waals surface area contributed by atoms with Crippen molar-refractivity contribution in [1.82, 2.24) is 9.88 Å². The molecular formula is C26H31FN2O4S2. The van der Waals surface area contributed by atoms with Gasteiger partial charge in [-0.2, -0.15) is 11.3 Å². The lowest BCUT2D eigenvalue weighted by Gasteiger charge is -2.38. The zero-order valence-corrected chi connectivity index (χ0v) is 21.4. The summed E-state index contributed by atoms with van der Waals surface area (Å²) in [5.41, 5.74) is 0.824. The van der Waals surface area contributed by atoms with E-state index in [0.717, 1.165) is 38.0 Å². The highest BCUT2D eigenvalue weighted by atomic mass is 32.2. The fraction of sp³-hybridized carbons (Fsp3) is 0.462. The minimum absolute atomic E-state index is 0.0127. The van der Waals surface area contributed by atoms with Crippen LogP contribution in [0.5, 0.6) is 5.75 Å². The number of hydrogen-bond acceptors (Lipinski definition) is 7. The number of piperidine rings is 1. The van der Waals surface area contributed by atoms with E-state index in [1.165, 1.54) is 4.90 Å². The van der Waals surface area contributed by atoms with Crippen LogP contribution in [-0.2, 0) is 4.79 Å². The summed E-state index contributed by atoms with van der Waals surface area (Å²) in [5, 5.41) is 25.2. The largest absolute Gasteiger partial charge is 0.497 e. The molecule has 3 atom stereocenters. The first-order valence-electron chi connectivity index (χ1n) is 11.8. The molecule has 1 saturated heterocycles. The fourth-order valence-corrected chi connectivity index (χ4v) is 6.76. The number of thioether (sulfide) groups is 1. The second kappa shape index (κ2) is 12.2. The molecule has 2 N–H and O–H groups in total. The van der Waals surface area contributed by atoms with E-state index in [9.17, 15) is 19.4 Å². The number of aromatic nitrogens is 1. The summed E-state index contributed by atoms with van der Waals surface area (Å²) in [6, 6.07) is 7.32. The molecule has 1 aliphatic heterocycles. The van der Waals surface area contributed by atoms with E-state index in [1.807, 2.05) is 11.8 Å². The quantitative estimate of drug-likeness (QED) is 0.326. The van der Waals surface area contributed by atoms with Crippen LogP contribution >= 0.6 is 23.1 Å². The van der Waals surface area contributed by atoms with Crippen molar-refractivity contribution in [2.75, 3.05) is 32.5 Å². The maximum absolute atomic E-state index is 14.7. The van der Waals surface area contributed by atoms with Crippen LogP contribution in [0.15, 0.2) is 46.1 Å². The Hall–Kier alpha value is -2.20. The Bertz CT molecular complexity index is 1130. The highest BCUT2D eigenvalue weighted by Gasteiger charge is 2.31. The van der Waals surface area contributed by atoms with Crippen molar-refractivity contribution in [3.8, 4) is 5.75 Å². The van der Waals surface area contributed by atoms with Crippen LogP contribution in [0.1, 0.15) is 37.4 Å². The van der Waals surface area contributed by atoms with E-state index < -0.39 is 17.9 Å². The number of aliphatic hydroxyl groups is 1. The van der Waals surface area contributed by atoms with Gasteiger partial charge in [0.25, 0.3) is 0 Å². The third-order valence-corrected chi connectivity index (χ3v) is 8.60. The number of halogens is 1. The second-order valence-electron chi connectivity index (χ2n) is 9.01. The molecule has 0 amide bonds. The van der Waals surface area contributed by atoms with Gasteiger partial charge in [0.1, 0.15) is 11.6 Å². The fourth-order valence-electron chi connectivity index (χ4n) is 4.97. The zero-order chi connectivity index (χ0) is 24.8. The maximum atomic E-state index is 14.7. The standard InChI is InChI=1S/C26H31FN2O4S2/c1-33-19-3-4-23-21(13-19)26(22(27)14-28-23)24(30)5-2-17-6-8-29(15-18(17)12-25(31)32)9-11-35-20-7-10-34-16-20/h3-4,7,10,13-14,16-18,24,30H,2,5-6,8-9,11-12,15H2,1H3,(H,31,32)/t17?,18?,24-/m1/s1. The molecule has 1 aromatic carbocycles. The topological polar surface area (TPSA) is 82.9 Å². The van der Waals surface area contributed by atoms with Crippen LogP contribution in [0, 0.1) is 17.7 Å². The lowest BCUT2D eigenvalue weighted by molar-refractivity contribution is -0.139. The maximum Gasteiger partial charge on any atom is 0.303 e. The van der Waals surface area contributed by atoms with E-state index in [2.05, 4.69) is 26.7 Å². The second-order valence-corrected chi connectivity index (χ2v) is 11.0. The molecule has 1 fully saturated rings. The molecule has 188 valence electrons. The van der Waals surface area contributed by atoms with Gasteiger partial charge in [-0.25, -0.2) is 4.39 Å². The van der Waals surface area contributed by atoms with Crippen molar-refractivity contribution in [2.24, 2.45) is 11.8 Å². The summed E-state index contributed by atoms with van der Waals surface area (Å²) in [4.78, 5) is 19.3. The third kappa shape index (κ3) is 6.73. The molecule has 6 nitrogen and oxygen atoms in total. The number of carbonyl (C=O) groups is 1. The van der Waals surface area contributed by atoms with E-state index in [0.29, 0.717) is 29.5 Å². The number of nitrogens with zero attached hydrogens (tertiary/aromatic N) is 2. The molecular weight excluding hydrogens is 487 g/mol. The number of methoxy groups -OCH3 is 1. The monoisotopic (exact) mass is 518 g/mol. The van der Waals surface area contributed by atoms with Gasteiger partial charge in [-0.3, -0.25) is 9.78 Å². The summed E-state index contributed by atoms with van der Waals surface area (Å²) >= 11 is 3.51. The summed E-state index contributed by atoms with van der Waals surface area (Å²) in [6.07, 6.45) is 2.14. The normalized spacial score (nSPS) is 19.6. The van der Waals surface area contributed by atoms with Crippen LogP contribution in [0.25, 0.3) is 10.9 Å². The molecule has 2 aromatic heterocycles. The van der Waals surface area contributed by atoms with E-state index in [1.54, 1.807) is 36.6 Å². The number of benzene rings is 1. The number of carboxylic acids is 1. The number of likely N-dealkylation sites (tertiary alicyclic amines) is 1. The van der Waals surface area contributed by atoms with Crippen LogP contribution in [-0.4, -0.2) is 58.6 Å². The van der Waals surface area contributed by atoms with Crippen LogP contribution in [0.4, 0.5) is 4.39 Å². The van der Waals surface area contributed by atoms with Crippen LogP contribution < -0.4 is 4.74 Å². The van der Waals surface area contributed by atoms with Gasteiger partial charge in [0.05, 0.1) is 24.9 Å². The van der Waals surface area contributed by atoms with Gasteiger partial charge in [-0.1, -0.05) is 0 Å². The van der Waals surface area contributed by atoms with Crippen LogP contribution in [0.3, 0.4) is 0 Å². The lowest BCUT2D eigenvalue weighted by Crippen LogP contribution is -2.42. The highest BCUT2D eigenvalue weighted by Crippen LogP contribution is 2.36. The smallest absolute Gasteiger partial charge is 0.303 e. The number of fused-ring (bicyclic) bond motifs is 1. The number of rotatable bonds is 11. The molecule has 9 heteroatoms. The molecule has 35 heavy (non-hydrogen) atoms. The van der Waals surface area contributed by atoms with Gasteiger partial charge in [0.15, 0.2) is 0 Å². The van der Waals surface area contributed by atoms with Gasteiger partial charge in [0.2, 0.25) is 0 Å². The minimum Gasteiger partial charge on any atom is -0.497 e. The van der Waals surface area contributed by atoms with Crippen molar-refractivity contribution in [1.29, 1.82) is 0 Å². The Morgan fingerprint density at radius 2 is 2.23 bits per heavy atom. The highest BCUT2D eigenvalue weighted by molar-refractivity contribution is 7.99. The molecule has 1 aliphatic rings. The van der Waals surface area contributed by atoms with Gasteiger partial charge >= 0.3 is 5.97 Å². The Kier molecular flexibility index (Phi) is 8.99. The first-order chi connectivity index (χ1) is 16.9. The number of hydrogen-bond donors (Lipinski definition) is 2. The molecule has 0 aliphatic carbocycles. The van der Waals surface area contributed by atoms with Gasteiger partial charge in [-0.05, 0) is 67.3 Å². The number of aliphatic hydroxyl groups excluding tert-OH is 1. The van der Waals surface area contributed by atoms with Crippen LogP contribution in [0.2, 0.25) is 0 Å². The average molecular weight is 519 g/mol. The number of thiophene rings is 1. The van der Waals surface area contributed by atoms with Crippen molar-refractivity contribution >= 4 is 40.0 Å². The number of carboxylic acid groups (broad SMARTS) is 1. The number of pyridine rings is 1. The Balaban J connectivity index is 1.39. The van der Waals surface area contributed by atoms with E-state index in [-0.39, 0.29) is 23.8 Å². The van der Waals surface area contributed by atoms with Gasteiger partial charge in [0, 0.05) is 46.5 Å². The van der Waals surface area contributed by atoms with Crippen molar-refractivity contribution in [2.45, 2.75) is 36.7 Å². The van der Waals surface area contributed by atoms with Crippen molar-refractivity contribution in [3.63, 3.8) is 0 Å². The molecule has 0 saturated carbocycles. The summed E-state index contributed by atoms with van der Waals surface area (Å²) in [5.74, 6) is 0.388. The predicted molar refractivity (Wildman–Crippen MR) is 138 cm³/mol. The molecule has 2 unspecified atom stereocenters. The summed E-state index contributed by atoms with van der Waals surface area (Å²) in [7, 11) is 1.54. The first-order valence-corrected chi connectivity index (χ1v) is 13.8. The third-order valence-electron chi connectivity index (χ3n) is 6.80. The van der Waals surface area contributed by atoms with Crippen molar-refractivity contribution < 1.29 is 24.1 Å². The molecule has 0 spiro atoms. The molecule has 0 radical (unpaired) electrons. The van der Waals surface area contributed by atoms with Gasteiger partial charge < -0.3 is 19.8 Å². The predicted octanol–water partition coefficient (Wildman–Crippen LogP) is 5.46. The molecule has 3 heterocycles. The zero-order valence-electron chi connectivity index (χ0n) is 19.7. The SMILES string of the molecule is COc1ccc2ncc(F)c([C@H](O)CCC3CCN(CCSc4ccsc4)CC3CC(=O)O)c2c1. The Morgan fingerprint density at radius 1 is 1.37 bits per heavy atom. The molecule has 4 rings (SSSR count).